The zero-order valence-corrected chi connectivity index (χ0v) is 16.2. The Labute approximate surface area is 166 Å². The van der Waals surface area contributed by atoms with E-state index in [1.165, 1.54) is 6.33 Å². The van der Waals surface area contributed by atoms with Gasteiger partial charge in [0.25, 0.3) is 0 Å². The first kappa shape index (κ1) is 23.3. The van der Waals surface area contributed by atoms with E-state index < -0.39 is 11.7 Å². The minimum Gasteiger partial charge on any atom is -0.392 e. The maximum Gasteiger partial charge on any atom is 0.416 e. The van der Waals surface area contributed by atoms with Gasteiger partial charge in [0.2, 0.25) is 0 Å². The van der Waals surface area contributed by atoms with Crippen LogP contribution in [0.2, 0.25) is 5.02 Å². The lowest BCUT2D eigenvalue weighted by Gasteiger charge is -2.29. The van der Waals surface area contributed by atoms with Gasteiger partial charge in [0.1, 0.15) is 0 Å². The predicted octanol–water partition coefficient (Wildman–Crippen LogP) is 4.45. The Balaban J connectivity index is 0.00000169. The Hall–Kier alpha value is -0.730. The molecule has 10 heteroatoms. The molecule has 1 aliphatic heterocycles. The molecule has 3 rings (SSSR count). The Morgan fingerprint density at radius 1 is 1.31 bits per heavy atom. The van der Waals surface area contributed by atoms with Crippen molar-refractivity contribution in [1.82, 2.24) is 14.9 Å². The van der Waals surface area contributed by atoms with E-state index in [0.717, 1.165) is 44.4 Å². The lowest BCUT2D eigenvalue weighted by molar-refractivity contribution is -0.137. The minimum atomic E-state index is -4.44. The molecule has 1 fully saturated rings. The van der Waals surface area contributed by atoms with E-state index in [1.807, 2.05) is 0 Å². The highest BCUT2D eigenvalue weighted by atomic mass is 35.5. The summed E-state index contributed by atoms with van der Waals surface area (Å²) in [5, 5.41) is 13.3. The topological polar surface area (TPSA) is 50.1 Å². The quantitative estimate of drug-likeness (QED) is 0.748. The van der Waals surface area contributed by atoms with E-state index >= 15 is 0 Å². The molecule has 0 spiro atoms. The van der Waals surface area contributed by atoms with Crippen molar-refractivity contribution in [2.24, 2.45) is 0 Å². The number of halogens is 6. The van der Waals surface area contributed by atoms with Crippen LogP contribution in [0.5, 0.6) is 0 Å². The van der Waals surface area contributed by atoms with Gasteiger partial charge in [0.05, 0.1) is 34.1 Å². The summed E-state index contributed by atoms with van der Waals surface area (Å²) in [6, 6.07) is 2.03. The first-order chi connectivity index (χ1) is 11.4. The average Bonchev–Trinajstić information content (AvgIpc) is 2.92. The molecule has 0 bridgehead atoms. The van der Waals surface area contributed by atoms with Gasteiger partial charge in [-0.2, -0.15) is 13.2 Å². The SMILES string of the molecule is Cl.Cl.O[C@H]1CCCN[C@@H]1CCCn1cnc2cc(C(F)(F)F)cc(Cl)c21. The second-order valence-corrected chi connectivity index (χ2v) is 6.58. The van der Waals surface area contributed by atoms with E-state index in [4.69, 9.17) is 11.6 Å². The molecule has 26 heavy (non-hydrogen) atoms. The van der Waals surface area contributed by atoms with Gasteiger partial charge in [0.15, 0.2) is 0 Å². The van der Waals surface area contributed by atoms with Crippen LogP contribution >= 0.6 is 36.4 Å². The molecule has 1 saturated heterocycles. The van der Waals surface area contributed by atoms with Crippen LogP contribution in [0.4, 0.5) is 13.2 Å². The van der Waals surface area contributed by atoms with Crippen molar-refractivity contribution in [3.05, 3.63) is 29.0 Å². The molecule has 2 heterocycles. The summed E-state index contributed by atoms with van der Waals surface area (Å²) in [4.78, 5) is 4.05. The number of hydrogen-bond donors (Lipinski definition) is 2. The third kappa shape index (κ3) is 5.16. The van der Waals surface area contributed by atoms with Crippen molar-refractivity contribution in [3.63, 3.8) is 0 Å². The van der Waals surface area contributed by atoms with E-state index in [-0.39, 0.29) is 47.5 Å². The number of rotatable bonds is 4. The van der Waals surface area contributed by atoms with Gasteiger partial charge in [-0.3, -0.25) is 0 Å². The third-order valence-electron chi connectivity index (χ3n) is 4.46. The average molecular weight is 435 g/mol. The van der Waals surface area contributed by atoms with Crippen molar-refractivity contribution < 1.29 is 18.3 Å². The Kier molecular flexibility index (Phi) is 8.48. The van der Waals surface area contributed by atoms with Gasteiger partial charge < -0.3 is 15.0 Å². The van der Waals surface area contributed by atoms with E-state index in [0.29, 0.717) is 12.1 Å². The minimum absolute atomic E-state index is 0. The number of hydrogen-bond acceptors (Lipinski definition) is 3. The number of aliphatic hydroxyl groups is 1. The fraction of sp³-hybridized carbons (Fsp3) is 0.562. The van der Waals surface area contributed by atoms with Crippen molar-refractivity contribution in [3.8, 4) is 0 Å². The number of benzene rings is 1. The second-order valence-electron chi connectivity index (χ2n) is 6.17. The number of aliphatic hydroxyl groups excluding tert-OH is 1. The maximum absolute atomic E-state index is 12.8. The monoisotopic (exact) mass is 433 g/mol. The lowest BCUT2D eigenvalue weighted by Crippen LogP contribution is -2.44. The van der Waals surface area contributed by atoms with Crippen molar-refractivity contribution in [2.45, 2.75) is 50.6 Å². The summed E-state index contributed by atoms with van der Waals surface area (Å²) in [6.07, 6.45) is 0.0810. The zero-order valence-electron chi connectivity index (χ0n) is 13.8. The molecule has 0 amide bonds. The standard InChI is InChI=1S/C16H19ClF3N3O.2ClH/c17-11-7-10(16(18,19)20)8-13-15(11)23(9-22-13)6-2-3-12-14(24)4-1-5-21-12;;/h7-9,12,14,21,24H,1-6H2;2*1H/t12-,14+;;/m1../s1. The second kappa shape index (κ2) is 9.46. The van der Waals surface area contributed by atoms with E-state index in [2.05, 4.69) is 10.3 Å². The Morgan fingerprint density at radius 3 is 2.69 bits per heavy atom. The van der Waals surface area contributed by atoms with Crippen LogP contribution in [0.1, 0.15) is 31.2 Å². The summed E-state index contributed by atoms with van der Waals surface area (Å²) in [5.41, 5.74) is -0.0350. The maximum atomic E-state index is 12.8. The molecular formula is C16H21Cl3F3N3O. The van der Waals surface area contributed by atoms with Crippen molar-refractivity contribution in [2.75, 3.05) is 6.54 Å². The molecule has 1 aromatic carbocycles. The third-order valence-corrected chi connectivity index (χ3v) is 4.74. The van der Waals surface area contributed by atoms with Gasteiger partial charge >= 0.3 is 6.18 Å². The summed E-state index contributed by atoms with van der Waals surface area (Å²) in [5.74, 6) is 0. The highest BCUT2D eigenvalue weighted by molar-refractivity contribution is 6.35. The van der Waals surface area contributed by atoms with Crippen LogP contribution in [0, 0.1) is 0 Å². The number of imidazole rings is 1. The number of piperidine rings is 1. The molecule has 0 radical (unpaired) electrons. The molecular weight excluding hydrogens is 414 g/mol. The van der Waals surface area contributed by atoms with Crippen LogP contribution < -0.4 is 5.32 Å². The fourth-order valence-corrected chi connectivity index (χ4v) is 3.52. The van der Waals surface area contributed by atoms with Gasteiger partial charge in [-0.1, -0.05) is 11.6 Å². The van der Waals surface area contributed by atoms with Gasteiger partial charge in [-0.25, -0.2) is 4.98 Å². The number of nitrogens with one attached hydrogen (secondary N) is 1. The lowest BCUT2D eigenvalue weighted by atomic mass is 9.97. The van der Waals surface area contributed by atoms with Gasteiger partial charge in [-0.05, 0) is 44.4 Å². The van der Waals surface area contributed by atoms with Crippen molar-refractivity contribution in [1.29, 1.82) is 0 Å². The van der Waals surface area contributed by atoms with Gasteiger partial charge in [0, 0.05) is 12.6 Å². The molecule has 4 nitrogen and oxygen atoms in total. The number of aromatic nitrogens is 2. The van der Waals surface area contributed by atoms with Crippen LogP contribution in [0.3, 0.4) is 0 Å². The molecule has 2 aromatic rings. The predicted molar refractivity (Wildman–Crippen MR) is 101 cm³/mol. The van der Waals surface area contributed by atoms with Crippen LogP contribution in [-0.4, -0.2) is 33.3 Å². The Bertz CT molecular complexity index is 724. The number of nitrogens with zero attached hydrogens (tertiary/aromatic N) is 2. The van der Waals surface area contributed by atoms with E-state index in [9.17, 15) is 18.3 Å². The zero-order chi connectivity index (χ0) is 17.3. The molecule has 0 unspecified atom stereocenters. The van der Waals surface area contributed by atoms with Crippen LogP contribution in [0.25, 0.3) is 11.0 Å². The Morgan fingerprint density at radius 2 is 2.04 bits per heavy atom. The number of aryl methyl sites for hydroxylation is 1. The number of fused-ring (bicyclic) bond motifs is 1. The molecule has 148 valence electrons. The highest BCUT2D eigenvalue weighted by Crippen LogP contribution is 2.34. The molecule has 2 atom stereocenters. The molecule has 1 aliphatic rings. The summed E-state index contributed by atoms with van der Waals surface area (Å²) in [6.45, 7) is 1.49. The molecule has 0 aliphatic carbocycles. The summed E-state index contributed by atoms with van der Waals surface area (Å²) >= 11 is 6.05. The summed E-state index contributed by atoms with van der Waals surface area (Å²) < 4.78 is 40.2. The first-order valence-electron chi connectivity index (χ1n) is 7.99. The van der Waals surface area contributed by atoms with Crippen LogP contribution in [-0.2, 0) is 12.7 Å². The van der Waals surface area contributed by atoms with Crippen LogP contribution in [0.15, 0.2) is 18.5 Å². The van der Waals surface area contributed by atoms with E-state index in [1.54, 1.807) is 4.57 Å². The fourth-order valence-electron chi connectivity index (χ4n) is 3.20. The summed E-state index contributed by atoms with van der Waals surface area (Å²) in [7, 11) is 0. The largest absolute Gasteiger partial charge is 0.416 e. The molecule has 2 N–H and O–H groups in total. The molecule has 0 saturated carbocycles. The first-order valence-corrected chi connectivity index (χ1v) is 8.37. The number of alkyl halides is 3. The van der Waals surface area contributed by atoms with Crippen molar-refractivity contribution >= 4 is 47.4 Å². The normalized spacial score (nSPS) is 20.5. The highest BCUT2D eigenvalue weighted by Gasteiger charge is 2.32. The molecule has 1 aromatic heterocycles. The smallest absolute Gasteiger partial charge is 0.392 e. The van der Waals surface area contributed by atoms with Gasteiger partial charge in [-0.15, -0.1) is 24.8 Å².